The SMILES string of the molecule is CCC1=NN(C(=O)COc2ccccc2C)[C@@](O)(C(F)(F)F)C1. The fraction of sp³-hybridized carbons (Fsp3) is 0.467. The van der Waals surface area contributed by atoms with E-state index < -0.39 is 30.8 Å². The third-order valence-corrected chi connectivity index (χ3v) is 3.59. The van der Waals surface area contributed by atoms with E-state index in [2.05, 4.69) is 5.10 Å². The first-order valence-electron chi connectivity index (χ1n) is 7.06. The maximum atomic E-state index is 13.1. The van der Waals surface area contributed by atoms with Crippen molar-refractivity contribution >= 4 is 11.6 Å². The summed E-state index contributed by atoms with van der Waals surface area (Å²) in [6.07, 6.45) is -5.55. The molecule has 1 atom stereocenters. The van der Waals surface area contributed by atoms with Gasteiger partial charge >= 0.3 is 6.18 Å². The molecule has 0 radical (unpaired) electrons. The standard InChI is InChI=1S/C15H17F3N2O3/c1-3-11-8-14(22,15(16,17)18)20(19-11)13(21)9-23-12-7-5-4-6-10(12)2/h4-7,22H,3,8-9H2,1-2H3/t14-/m0/s1. The van der Waals surface area contributed by atoms with Gasteiger partial charge in [-0.1, -0.05) is 25.1 Å². The van der Waals surface area contributed by atoms with Gasteiger partial charge in [0.1, 0.15) is 5.75 Å². The number of alkyl halides is 3. The first-order chi connectivity index (χ1) is 10.7. The van der Waals surface area contributed by atoms with Crippen LogP contribution >= 0.6 is 0 Å². The summed E-state index contributed by atoms with van der Waals surface area (Å²) in [5, 5.41) is 13.6. The predicted octanol–water partition coefficient (Wildman–Crippen LogP) is 2.62. The van der Waals surface area contributed by atoms with E-state index in [4.69, 9.17) is 4.74 Å². The van der Waals surface area contributed by atoms with Crippen LogP contribution < -0.4 is 4.74 Å². The van der Waals surface area contributed by atoms with Gasteiger partial charge in [0.15, 0.2) is 6.61 Å². The van der Waals surface area contributed by atoms with E-state index in [9.17, 15) is 23.1 Å². The van der Waals surface area contributed by atoms with Crippen molar-refractivity contribution in [2.24, 2.45) is 5.10 Å². The van der Waals surface area contributed by atoms with Crippen LogP contribution in [-0.4, -0.2) is 40.2 Å². The summed E-state index contributed by atoms with van der Waals surface area (Å²) in [4.78, 5) is 12.1. The molecular weight excluding hydrogens is 313 g/mol. The van der Waals surface area contributed by atoms with Crippen LogP contribution in [0.2, 0.25) is 0 Å². The number of amides is 1. The molecule has 0 aromatic heterocycles. The lowest BCUT2D eigenvalue weighted by Crippen LogP contribution is -2.57. The fourth-order valence-corrected chi connectivity index (χ4v) is 2.22. The first kappa shape index (κ1) is 17.3. The number of carbonyl (C=O) groups is 1. The number of aliphatic hydroxyl groups is 1. The van der Waals surface area contributed by atoms with Gasteiger partial charge in [0.25, 0.3) is 11.6 Å². The smallest absolute Gasteiger partial charge is 0.438 e. The third-order valence-electron chi connectivity index (χ3n) is 3.59. The Morgan fingerprint density at radius 1 is 1.43 bits per heavy atom. The van der Waals surface area contributed by atoms with Crippen LogP contribution in [0.4, 0.5) is 13.2 Å². The summed E-state index contributed by atoms with van der Waals surface area (Å²) in [6, 6.07) is 6.80. The monoisotopic (exact) mass is 330 g/mol. The predicted molar refractivity (Wildman–Crippen MR) is 76.9 cm³/mol. The van der Waals surface area contributed by atoms with E-state index in [-0.39, 0.29) is 17.1 Å². The molecule has 1 N–H and O–H groups in total. The molecule has 126 valence electrons. The summed E-state index contributed by atoms with van der Waals surface area (Å²) in [5.41, 5.74) is -2.47. The Kier molecular flexibility index (Phi) is 4.65. The number of hydrogen-bond acceptors (Lipinski definition) is 4. The quantitative estimate of drug-likeness (QED) is 0.923. The average molecular weight is 330 g/mol. The molecule has 0 spiro atoms. The number of nitrogens with zero attached hydrogens (tertiary/aromatic N) is 2. The molecule has 1 aromatic rings. The van der Waals surface area contributed by atoms with Crippen molar-refractivity contribution in [1.82, 2.24) is 5.01 Å². The lowest BCUT2D eigenvalue weighted by molar-refractivity contribution is -0.302. The van der Waals surface area contributed by atoms with Gasteiger partial charge < -0.3 is 9.84 Å². The summed E-state index contributed by atoms with van der Waals surface area (Å²) in [7, 11) is 0. The summed E-state index contributed by atoms with van der Waals surface area (Å²) in [6.45, 7) is 2.70. The van der Waals surface area contributed by atoms with Crippen LogP contribution in [0.5, 0.6) is 5.75 Å². The van der Waals surface area contributed by atoms with Crippen molar-refractivity contribution in [3.63, 3.8) is 0 Å². The highest BCUT2D eigenvalue weighted by molar-refractivity contribution is 5.91. The van der Waals surface area contributed by atoms with Crippen LogP contribution in [0.1, 0.15) is 25.3 Å². The highest BCUT2D eigenvalue weighted by atomic mass is 19.4. The Labute approximate surface area is 131 Å². The molecule has 1 aliphatic heterocycles. The lowest BCUT2D eigenvalue weighted by Gasteiger charge is -2.32. The Morgan fingerprint density at radius 2 is 2.09 bits per heavy atom. The second kappa shape index (κ2) is 6.19. The Hall–Kier alpha value is -2.09. The molecule has 0 saturated carbocycles. The van der Waals surface area contributed by atoms with E-state index in [0.29, 0.717) is 5.75 Å². The molecule has 2 rings (SSSR count). The fourth-order valence-electron chi connectivity index (χ4n) is 2.22. The molecule has 0 aliphatic carbocycles. The van der Waals surface area contributed by atoms with Gasteiger partial charge in [0, 0.05) is 12.1 Å². The van der Waals surface area contributed by atoms with Crippen LogP contribution in [0, 0.1) is 6.92 Å². The largest absolute Gasteiger partial charge is 0.483 e. The highest BCUT2D eigenvalue weighted by Gasteiger charge is 2.62. The third kappa shape index (κ3) is 3.31. The molecule has 0 saturated heterocycles. The summed E-state index contributed by atoms with van der Waals surface area (Å²) in [5.74, 6) is -0.674. The molecule has 0 fully saturated rings. The number of para-hydroxylation sites is 1. The summed E-state index contributed by atoms with van der Waals surface area (Å²) >= 11 is 0. The van der Waals surface area contributed by atoms with E-state index in [1.165, 1.54) is 0 Å². The Bertz CT molecular complexity index is 631. The number of hydrogen-bond donors (Lipinski definition) is 1. The van der Waals surface area contributed by atoms with Crippen molar-refractivity contribution in [1.29, 1.82) is 0 Å². The van der Waals surface area contributed by atoms with Crippen molar-refractivity contribution in [2.45, 2.75) is 38.6 Å². The molecule has 1 amide bonds. The van der Waals surface area contributed by atoms with Crippen molar-refractivity contribution in [2.75, 3.05) is 6.61 Å². The van der Waals surface area contributed by atoms with Gasteiger partial charge in [0.2, 0.25) is 0 Å². The number of carbonyl (C=O) groups excluding carboxylic acids is 1. The molecule has 1 aromatic carbocycles. The molecular formula is C15H17F3N2O3. The van der Waals surface area contributed by atoms with Gasteiger partial charge in [-0.25, -0.2) is 0 Å². The highest BCUT2D eigenvalue weighted by Crippen LogP contribution is 2.40. The average Bonchev–Trinajstić information content (AvgIpc) is 2.84. The Morgan fingerprint density at radius 3 is 2.65 bits per heavy atom. The van der Waals surface area contributed by atoms with Crippen molar-refractivity contribution in [3.8, 4) is 5.75 Å². The van der Waals surface area contributed by atoms with Gasteiger partial charge in [-0.15, -0.1) is 0 Å². The maximum absolute atomic E-state index is 13.1. The van der Waals surface area contributed by atoms with Gasteiger partial charge in [0.05, 0.1) is 0 Å². The Balaban J connectivity index is 2.16. The van der Waals surface area contributed by atoms with Crippen LogP contribution in [0.15, 0.2) is 29.4 Å². The van der Waals surface area contributed by atoms with Crippen molar-refractivity contribution in [3.05, 3.63) is 29.8 Å². The number of aryl methyl sites for hydroxylation is 1. The first-order valence-corrected chi connectivity index (χ1v) is 7.06. The molecule has 1 aliphatic rings. The zero-order valence-corrected chi connectivity index (χ0v) is 12.7. The van der Waals surface area contributed by atoms with E-state index in [0.717, 1.165) is 5.56 Å². The second-order valence-corrected chi connectivity index (χ2v) is 5.27. The number of rotatable bonds is 4. The minimum atomic E-state index is -5.01. The van der Waals surface area contributed by atoms with Gasteiger partial charge in [-0.2, -0.15) is 23.3 Å². The molecule has 8 heteroatoms. The van der Waals surface area contributed by atoms with E-state index >= 15 is 0 Å². The molecule has 1 heterocycles. The lowest BCUT2D eigenvalue weighted by atomic mass is 10.1. The molecule has 5 nitrogen and oxygen atoms in total. The van der Waals surface area contributed by atoms with Crippen LogP contribution in [-0.2, 0) is 4.79 Å². The number of halogens is 3. The maximum Gasteiger partial charge on any atom is 0.438 e. The van der Waals surface area contributed by atoms with Crippen LogP contribution in [0.3, 0.4) is 0 Å². The zero-order chi connectivity index (χ0) is 17.3. The topological polar surface area (TPSA) is 62.1 Å². The van der Waals surface area contributed by atoms with Gasteiger partial charge in [-0.05, 0) is 25.0 Å². The molecule has 0 unspecified atom stereocenters. The number of ether oxygens (including phenoxy) is 1. The van der Waals surface area contributed by atoms with Crippen molar-refractivity contribution < 1.29 is 27.8 Å². The van der Waals surface area contributed by atoms with Crippen LogP contribution in [0.25, 0.3) is 0 Å². The molecule has 0 bridgehead atoms. The second-order valence-electron chi connectivity index (χ2n) is 5.27. The zero-order valence-electron chi connectivity index (χ0n) is 12.7. The number of hydrazone groups is 1. The van der Waals surface area contributed by atoms with E-state index in [1.807, 2.05) is 0 Å². The van der Waals surface area contributed by atoms with Gasteiger partial charge in [-0.3, -0.25) is 4.79 Å². The number of benzene rings is 1. The van der Waals surface area contributed by atoms with E-state index in [1.54, 1.807) is 38.1 Å². The molecule has 23 heavy (non-hydrogen) atoms. The summed E-state index contributed by atoms with van der Waals surface area (Å²) < 4.78 is 44.7. The normalized spacial score (nSPS) is 21.3. The minimum Gasteiger partial charge on any atom is -0.483 e. The minimum absolute atomic E-state index is 0.0874.